The molecule has 1 aliphatic heterocycles. The van der Waals surface area contributed by atoms with Gasteiger partial charge < -0.3 is 19.2 Å². The topological polar surface area (TPSA) is 86.5 Å². The Morgan fingerprint density at radius 2 is 2.15 bits per heavy atom. The van der Waals surface area contributed by atoms with Crippen molar-refractivity contribution in [1.82, 2.24) is 15.5 Å². The summed E-state index contributed by atoms with van der Waals surface area (Å²) in [5.74, 6) is 1.22. The predicted octanol–water partition coefficient (Wildman–Crippen LogP) is 3.17. The van der Waals surface area contributed by atoms with E-state index in [1.165, 1.54) is 0 Å². The lowest BCUT2D eigenvalue weighted by Crippen LogP contribution is -2.29. The van der Waals surface area contributed by atoms with Crippen molar-refractivity contribution >= 4 is 23.1 Å². The normalized spacial score (nSPS) is 16.4. The molecular weight excluding hydrogens is 358 g/mol. The number of hydrogen-bond donors (Lipinski definition) is 1. The van der Waals surface area contributed by atoms with Crippen LogP contribution in [0.25, 0.3) is 5.57 Å². The van der Waals surface area contributed by atoms with Crippen LogP contribution in [0.15, 0.2) is 35.3 Å². The molecule has 1 atom stereocenters. The largest absolute Gasteiger partial charge is 0.484 e. The molecule has 26 heavy (non-hydrogen) atoms. The van der Waals surface area contributed by atoms with Crippen molar-refractivity contribution in [3.63, 3.8) is 0 Å². The number of hydrogen-bond acceptors (Lipinski definition) is 6. The summed E-state index contributed by atoms with van der Waals surface area (Å²) in [5, 5.41) is 11.4. The molecule has 8 heteroatoms. The highest BCUT2D eigenvalue weighted by atomic mass is 35.5. The van der Waals surface area contributed by atoms with Gasteiger partial charge in [0.2, 0.25) is 11.8 Å². The minimum Gasteiger partial charge on any atom is -0.484 e. The van der Waals surface area contributed by atoms with Crippen molar-refractivity contribution in [3.8, 4) is 5.75 Å². The highest BCUT2D eigenvalue weighted by Crippen LogP contribution is 2.28. The third-order valence-electron chi connectivity index (χ3n) is 3.88. The number of amides is 1. The SMILES string of the molecule is C=C(CCNC(=O)COc1ccc(Cl)cc1)c1nnc([C@H]2CCCO2)o1. The minimum absolute atomic E-state index is 0.0716. The number of nitrogens with zero attached hydrogens (tertiary/aromatic N) is 2. The summed E-state index contributed by atoms with van der Waals surface area (Å²) in [5.41, 5.74) is 0.667. The zero-order valence-electron chi connectivity index (χ0n) is 14.2. The molecule has 0 radical (unpaired) electrons. The molecule has 2 heterocycles. The van der Waals surface area contributed by atoms with Crippen LogP contribution in [-0.4, -0.2) is 35.9 Å². The van der Waals surface area contributed by atoms with E-state index < -0.39 is 0 Å². The standard InChI is InChI=1S/C18H20ClN3O4/c1-12(17-21-22-18(26-17)15-3-2-10-24-15)8-9-20-16(23)11-25-14-6-4-13(19)5-7-14/h4-7,15H,1-3,8-11H2,(H,20,23)/t15-/m1/s1. The van der Waals surface area contributed by atoms with Crippen LogP contribution in [0.1, 0.15) is 37.1 Å². The molecule has 0 aliphatic carbocycles. The molecule has 1 fully saturated rings. The maximum absolute atomic E-state index is 11.8. The van der Waals surface area contributed by atoms with E-state index >= 15 is 0 Å². The molecular formula is C18H20ClN3O4. The Bertz CT molecular complexity index is 754. The van der Waals surface area contributed by atoms with E-state index in [0.717, 1.165) is 12.8 Å². The number of ether oxygens (including phenoxy) is 2. The number of nitrogens with one attached hydrogen (secondary N) is 1. The van der Waals surface area contributed by atoms with Crippen LogP contribution >= 0.6 is 11.6 Å². The van der Waals surface area contributed by atoms with E-state index in [1.54, 1.807) is 24.3 Å². The van der Waals surface area contributed by atoms with E-state index in [1.807, 2.05) is 0 Å². The van der Waals surface area contributed by atoms with Crippen LogP contribution in [0.5, 0.6) is 5.75 Å². The van der Waals surface area contributed by atoms with Crippen LogP contribution in [-0.2, 0) is 9.53 Å². The van der Waals surface area contributed by atoms with Crippen molar-refractivity contribution in [3.05, 3.63) is 47.6 Å². The Balaban J connectivity index is 1.37. The number of carbonyl (C=O) groups excluding carboxylic acids is 1. The van der Waals surface area contributed by atoms with Crippen LogP contribution in [0.2, 0.25) is 5.02 Å². The van der Waals surface area contributed by atoms with Gasteiger partial charge in [-0.15, -0.1) is 10.2 Å². The molecule has 138 valence electrons. The van der Waals surface area contributed by atoms with E-state index in [-0.39, 0.29) is 18.6 Å². The van der Waals surface area contributed by atoms with E-state index in [2.05, 4.69) is 22.1 Å². The minimum atomic E-state index is -0.224. The summed E-state index contributed by atoms with van der Waals surface area (Å²) in [4.78, 5) is 11.8. The van der Waals surface area contributed by atoms with Crippen molar-refractivity contribution in [2.45, 2.75) is 25.4 Å². The second-order valence-corrected chi connectivity index (χ2v) is 6.33. The molecule has 2 aromatic rings. The first-order chi connectivity index (χ1) is 12.6. The van der Waals surface area contributed by atoms with Gasteiger partial charge in [0.15, 0.2) is 6.61 Å². The first-order valence-electron chi connectivity index (χ1n) is 8.40. The Morgan fingerprint density at radius 3 is 2.88 bits per heavy atom. The first-order valence-corrected chi connectivity index (χ1v) is 8.78. The average molecular weight is 378 g/mol. The summed E-state index contributed by atoms with van der Waals surface area (Å²) >= 11 is 5.79. The molecule has 1 amide bonds. The summed E-state index contributed by atoms with van der Waals surface area (Å²) in [7, 11) is 0. The maximum Gasteiger partial charge on any atom is 0.257 e. The monoisotopic (exact) mass is 377 g/mol. The Morgan fingerprint density at radius 1 is 1.35 bits per heavy atom. The molecule has 1 aliphatic rings. The van der Waals surface area contributed by atoms with Gasteiger partial charge in [0.25, 0.3) is 5.91 Å². The molecule has 1 aromatic carbocycles. The molecule has 3 rings (SSSR count). The zero-order chi connectivity index (χ0) is 18.4. The number of halogens is 1. The lowest BCUT2D eigenvalue weighted by Gasteiger charge is -2.07. The molecule has 0 unspecified atom stereocenters. The third kappa shape index (κ3) is 5.06. The molecule has 0 spiro atoms. The van der Waals surface area contributed by atoms with Gasteiger partial charge in [-0.2, -0.15) is 0 Å². The smallest absolute Gasteiger partial charge is 0.257 e. The summed E-state index contributed by atoms with van der Waals surface area (Å²) in [6.45, 7) is 4.98. The average Bonchev–Trinajstić information content (AvgIpc) is 3.32. The van der Waals surface area contributed by atoms with Gasteiger partial charge >= 0.3 is 0 Å². The number of carbonyl (C=O) groups is 1. The summed E-state index contributed by atoms with van der Waals surface area (Å²) < 4.78 is 16.5. The maximum atomic E-state index is 11.8. The third-order valence-corrected chi connectivity index (χ3v) is 4.13. The fraction of sp³-hybridized carbons (Fsp3) is 0.389. The second-order valence-electron chi connectivity index (χ2n) is 5.89. The molecule has 1 N–H and O–H groups in total. The van der Waals surface area contributed by atoms with Gasteiger partial charge in [-0.3, -0.25) is 4.79 Å². The van der Waals surface area contributed by atoms with Gasteiger partial charge in [0.1, 0.15) is 11.9 Å². The van der Waals surface area contributed by atoms with E-state index in [0.29, 0.717) is 47.7 Å². The van der Waals surface area contributed by atoms with Crippen molar-refractivity contribution in [2.75, 3.05) is 19.8 Å². The lowest BCUT2D eigenvalue weighted by atomic mass is 10.2. The van der Waals surface area contributed by atoms with E-state index in [4.69, 9.17) is 25.5 Å². The molecule has 1 aromatic heterocycles. The fourth-order valence-electron chi connectivity index (χ4n) is 2.47. The Kier molecular flexibility index (Phi) is 6.25. The van der Waals surface area contributed by atoms with Crippen molar-refractivity contribution < 1.29 is 18.7 Å². The van der Waals surface area contributed by atoms with Crippen LogP contribution in [0, 0.1) is 0 Å². The van der Waals surface area contributed by atoms with Gasteiger partial charge in [0.05, 0.1) is 0 Å². The number of benzene rings is 1. The second kappa shape index (κ2) is 8.82. The van der Waals surface area contributed by atoms with E-state index in [9.17, 15) is 4.79 Å². The fourth-order valence-corrected chi connectivity index (χ4v) is 2.60. The molecule has 0 bridgehead atoms. The number of rotatable bonds is 8. The first kappa shape index (κ1) is 18.4. The van der Waals surface area contributed by atoms with Gasteiger partial charge in [-0.25, -0.2) is 0 Å². The quantitative estimate of drug-likeness (QED) is 0.760. The van der Waals surface area contributed by atoms with Gasteiger partial charge in [-0.1, -0.05) is 18.2 Å². The van der Waals surface area contributed by atoms with Gasteiger partial charge in [0, 0.05) is 23.7 Å². The zero-order valence-corrected chi connectivity index (χ0v) is 15.0. The van der Waals surface area contributed by atoms with Gasteiger partial charge in [-0.05, 0) is 43.5 Å². The van der Waals surface area contributed by atoms with Crippen LogP contribution in [0.3, 0.4) is 0 Å². The highest BCUT2D eigenvalue weighted by molar-refractivity contribution is 6.30. The lowest BCUT2D eigenvalue weighted by molar-refractivity contribution is -0.123. The number of aromatic nitrogens is 2. The summed E-state index contributed by atoms with van der Waals surface area (Å²) in [6, 6.07) is 6.82. The predicted molar refractivity (Wildman–Crippen MR) is 95.8 cm³/mol. The summed E-state index contributed by atoms with van der Waals surface area (Å²) in [6.07, 6.45) is 2.26. The van der Waals surface area contributed by atoms with Crippen molar-refractivity contribution in [2.24, 2.45) is 0 Å². The highest BCUT2D eigenvalue weighted by Gasteiger charge is 2.24. The molecule has 1 saturated heterocycles. The Labute approximate surface area is 156 Å². The Hall–Kier alpha value is -2.38. The molecule has 0 saturated carbocycles. The van der Waals surface area contributed by atoms with Crippen LogP contribution in [0.4, 0.5) is 0 Å². The van der Waals surface area contributed by atoms with Crippen LogP contribution < -0.4 is 10.1 Å². The van der Waals surface area contributed by atoms with Crippen molar-refractivity contribution in [1.29, 1.82) is 0 Å². The molecule has 7 nitrogen and oxygen atoms in total.